The number of rotatable bonds is 5. The van der Waals surface area contributed by atoms with E-state index in [0.717, 1.165) is 11.1 Å². The largest absolute Gasteiger partial charge is 0.481 e. The fourth-order valence-electron chi connectivity index (χ4n) is 2.22. The predicted octanol–water partition coefficient (Wildman–Crippen LogP) is 4.27. The highest BCUT2D eigenvalue weighted by molar-refractivity contribution is 6.30. The summed E-state index contributed by atoms with van der Waals surface area (Å²) in [6.45, 7) is 1.97. The summed E-state index contributed by atoms with van der Waals surface area (Å²) < 4.78 is 13.7. The van der Waals surface area contributed by atoms with Crippen molar-refractivity contribution in [2.45, 2.75) is 19.8 Å². The van der Waals surface area contributed by atoms with E-state index < -0.39 is 17.7 Å². The van der Waals surface area contributed by atoms with Crippen molar-refractivity contribution in [2.75, 3.05) is 0 Å². The summed E-state index contributed by atoms with van der Waals surface area (Å²) in [5.41, 5.74) is 2.38. The quantitative estimate of drug-likeness (QED) is 0.895. The number of benzene rings is 2. The van der Waals surface area contributed by atoms with Gasteiger partial charge in [0.05, 0.1) is 5.92 Å². The van der Waals surface area contributed by atoms with Gasteiger partial charge in [0.2, 0.25) is 0 Å². The van der Waals surface area contributed by atoms with Crippen LogP contribution in [0, 0.1) is 18.7 Å². The van der Waals surface area contributed by atoms with Crippen molar-refractivity contribution in [3.63, 3.8) is 0 Å². The third-order valence-corrected chi connectivity index (χ3v) is 3.66. The second-order valence-electron chi connectivity index (χ2n) is 5.16. The molecule has 0 fully saturated rings. The molecule has 2 nitrogen and oxygen atoms in total. The standard InChI is InChI=1S/C17H16ClFO2/c1-11-2-4-12(5-3-11)8-14(17(20)21)9-13-10-15(18)6-7-16(13)19/h2-7,10,14H,8-9H2,1H3,(H,20,21). The van der Waals surface area contributed by atoms with Crippen LogP contribution in [0.2, 0.25) is 5.02 Å². The van der Waals surface area contributed by atoms with Gasteiger partial charge in [0, 0.05) is 5.02 Å². The first kappa shape index (κ1) is 15.5. The summed E-state index contributed by atoms with van der Waals surface area (Å²) in [5, 5.41) is 9.76. The highest BCUT2D eigenvalue weighted by atomic mass is 35.5. The van der Waals surface area contributed by atoms with E-state index in [1.807, 2.05) is 31.2 Å². The number of hydrogen-bond donors (Lipinski definition) is 1. The lowest BCUT2D eigenvalue weighted by atomic mass is 9.92. The molecule has 0 saturated carbocycles. The summed E-state index contributed by atoms with van der Waals surface area (Å²) in [6.07, 6.45) is 0.483. The predicted molar refractivity (Wildman–Crippen MR) is 81.1 cm³/mol. The minimum atomic E-state index is -0.935. The zero-order valence-electron chi connectivity index (χ0n) is 11.6. The fourth-order valence-corrected chi connectivity index (χ4v) is 2.42. The van der Waals surface area contributed by atoms with Gasteiger partial charge in [0.25, 0.3) is 0 Å². The van der Waals surface area contributed by atoms with E-state index in [1.165, 1.54) is 18.2 Å². The molecular weight excluding hydrogens is 291 g/mol. The van der Waals surface area contributed by atoms with Gasteiger partial charge < -0.3 is 5.11 Å². The van der Waals surface area contributed by atoms with Crippen LogP contribution in [0.15, 0.2) is 42.5 Å². The van der Waals surface area contributed by atoms with Gasteiger partial charge in [-0.05, 0) is 49.1 Å². The van der Waals surface area contributed by atoms with Crippen molar-refractivity contribution in [3.05, 3.63) is 70.0 Å². The molecule has 0 radical (unpaired) electrons. The molecule has 21 heavy (non-hydrogen) atoms. The monoisotopic (exact) mass is 306 g/mol. The average Bonchev–Trinajstić information content (AvgIpc) is 2.44. The van der Waals surface area contributed by atoms with Gasteiger partial charge in [-0.15, -0.1) is 0 Å². The molecule has 2 aromatic carbocycles. The lowest BCUT2D eigenvalue weighted by Gasteiger charge is -2.13. The Labute approximate surface area is 128 Å². The molecule has 1 unspecified atom stereocenters. The van der Waals surface area contributed by atoms with E-state index in [4.69, 9.17) is 11.6 Å². The van der Waals surface area contributed by atoms with Crippen LogP contribution >= 0.6 is 11.6 Å². The van der Waals surface area contributed by atoms with E-state index in [0.29, 0.717) is 17.0 Å². The van der Waals surface area contributed by atoms with Crippen molar-refractivity contribution in [1.82, 2.24) is 0 Å². The zero-order chi connectivity index (χ0) is 15.4. The van der Waals surface area contributed by atoms with Gasteiger partial charge in [0.15, 0.2) is 0 Å². The molecule has 2 rings (SSSR count). The summed E-state index contributed by atoms with van der Waals surface area (Å²) >= 11 is 5.84. The molecule has 4 heteroatoms. The van der Waals surface area contributed by atoms with E-state index in [2.05, 4.69) is 0 Å². The van der Waals surface area contributed by atoms with Crippen LogP contribution in [-0.4, -0.2) is 11.1 Å². The van der Waals surface area contributed by atoms with E-state index >= 15 is 0 Å². The Balaban J connectivity index is 2.17. The van der Waals surface area contributed by atoms with Crippen molar-refractivity contribution in [1.29, 1.82) is 0 Å². The molecule has 0 aliphatic heterocycles. The first-order chi connectivity index (χ1) is 9.95. The Morgan fingerprint density at radius 2 is 1.86 bits per heavy atom. The summed E-state index contributed by atoms with van der Waals surface area (Å²) in [4.78, 5) is 11.4. The second-order valence-corrected chi connectivity index (χ2v) is 5.60. The highest BCUT2D eigenvalue weighted by Gasteiger charge is 2.20. The van der Waals surface area contributed by atoms with Crippen LogP contribution in [-0.2, 0) is 17.6 Å². The van der Waals surface area contributed by atoms with Crippen LogP contribution < -0.4 is 0 Å². The maximum atomic E-state index is 13.7. The van der Waals surface area contributed by atoms with Crippen molar-refractivity contribution >= 4 is 17.6 Å². The van der Waals surface area contributed by atoms with Crippen LogP contribution in [0.25, 0.3) is 0 Å². The lowest BCUT2D eigenvalue weighted by Crippen LogP contribution is -2.19. The molecule has 0 aliphatic rings. The lowest BCUT2D eigenvalue weighted by molar-refractivity contribution is -0.141. The maximum Gasteiger partial charge on any atom is 0.307 e. The molecule has 0 aromatic heterocycles. The van der Waals surface area contributed by atoms with Crippen molar-refractivity contribution in [2.24, 2.45) is 5.92 Å². The van der Waals surface area contributed by atoms with Gasteiger partial charge in [-0.2, -0.15) is 0 Å². The van der Waals surface area contributed by atoms with E-state index in [9.17, 15) is 14.3 Å². The maximum absolute atomic E-state index is 13.7. The van der Waals surface area contributed by atoms with Crippen LogP contribution in [0.3, 0.4) is 0 Å². The number of carbonyl (C=O) groups is 1. The molecule has 1 N–H and O–H groups in total. The van der Waals surface area contributed by atoms with Gasteiger partial charge >= 0.3 is 5.97 Å². The Bertz CT molecular complexity index is 638. The Kier molecular flexibility index (Phi) is 4.97. The van der Waals surface area contributed by atoms with Crippen LogP contribution in [0.1, 0.15) is 16.7 Å². The minimum Gasteiger partial charge on any atom is -0.481 e. The van der Waals surface area contributed by atoms with Gasteiger partial charge in [-0.3, -0.25) is 4.79 Å². The molecule has 0 saturated heterocycles. The summed E-state index contributed by atoms with van der Waals surface area (Å²) in [5.74, 6) is -2.04. The second kappa shape index (κ2) is 6.72. The molecule has 1 atom stereocenters. The van der Waals surface area contributed by atoms with E-state index in [-0.39, 0.29) is 6.42 Å². The number of halogens is 2. The first-order valence-electron chi connectivity index (χ1n) is 6.68. The molecule has 0 spiro atoms. The number of carboxylic acid groups (broad SMARTS) is 1. The number of aryl methyl sites for hydroxylation is 1. The number of aliphatic carboxylic acids is 1. The van der Waals surface area contributed by atoms with Crippen LogP contribution in [0.5, 0.6) is 0 Å². The van der Waals surface area contributed by atoms with Gasteiger partial charge in [0.1, 0.15) is 5.82 Å². The molecule has 0 bridgehead atoms. The average molecular weight is 307 g/mol. The van der Waals surface area contributed by atoms with Crippen molar-refractivity contribution < 1.29 is 14.3 Å². The highest BCUT2D eigenvalue weighted by Crippen LogP contribution is 2.21. The van der Waals surface area contributed by atoms with Crippen molar-refractivity contribution in [3.8, 4) is 0 Å². The van der Waals surface area contributed by atoms with E-state index in [1.54, 1.807) is 0 Å². The molecule has 2 aromatic rings. The molecule has 0 heterocycles. The number of carboxylic acids is 1. The third-order valence-electron chi connectivity index (χ3n) is 3.43. The summed E-state index contributed by atoms with van der Waals surface area (Å²) in [7, 11) is 0. The number of hydrogen-bond acceptors (Lipinski definition) is 1. The van der Waals surface area contributed by atoms with Crippen LogP contribution in [0.4, 0.5) is 4.39 Å². The normalized spacial score (nSPS) is 12.1. The molecule has 0 amide bonds. The Hall–Kier alpha value is -1.87. The summed E-state index contributed by atoms with van der Waals surface area (Å²) in [6, 6.07) is 11.9. The Morgan fingerprint density at radius 1 is 1.19 bits per heavy atom. The first-order valence-corrected chi connectivity index (χ1v) is 7.06. The van der Waals surface area contributed by atoms with Gasteiger partial charge in [-0.25, -0.2) is 4.39 Å². The molecular formula is C17H16ClFO2. The smallest absolute Gasteiger partial charge is 0.307 e. The fraction of sp³-hybridized carbons (Fsp3) is 0.235. The minimum absolute atomic E-state index is 0.121. The zero-order valence-corrected chi connectivity index (χ0v) is 12.4. The van der Waals surface area contributed by atoms with Gasteiger partial charge in [-0.1, -0.05) is 41.4 Å². The Morgan fingerprint density at radius 3 is 2.48 bits per heavy atom. The SMILES string of the molecule is Cc1ccc(CC(Cc2cc(Cl)ccc2F)C(=O)O)cc1. The third kappa shape index (κ3) is 4.30. The molecule has 110 valence electrons. The molecule has 0 aliphatic carbocycles. The topological polar surface area (TPSA) is 37.3 Å².